The Morgan fingerprint density at radius 3 is 2.69 bits per heavy atom. The molecule has 0 unspecified atom stereocenters. The number of rotatable bonds is 1. The van der Waals surface area contributed by atoms with E-state index in [9.17, 15) is 4.79 Å². The van der Waals surface area contributed by atoms with Crippen LogP contribution in [0.4, 0.5) is 0 Å². The average molecular weight is 251 g/mol. The Kier molecular flexibility index (Phi) is 3.74. The van der Waals surface area contributed by atoms with Gasteiger partial charge in [-0.2, -0.15) is 0 Å². The van der Waals surface area contributed by atoms with Gasteiger partial charge >= 0.3 is 5.97 Å². The SMILES string of the molecule is CC(=O)O[C@H]1[C@H](C)[C@H](C)CO[C@H]1Br. The maximum atomic E-state index is 10.8. The normalized spacial score (nSPS) is 40.0. The molecular weight excluding hydrogens is 236 g/mol. The molecule has 1 rings (SSSR count). The van der Waals surface area contributed by atoms with E-state index in [0.717, 1.165) is 6.61 Å². The Morgan fingerprint density at radius 2 is 2.15 bits per heavy atom. The second-order valence-corrected chi connectivity index (χ2v) is 4.50. The first kappa shape index (κ1) is 11.0. The van der Waals surface area contributed by atoms with Crippen LogP contribution >= 0.6 is 15.9 Å². The Labute approximate surface area is 86.9 Å². The van der Waals surface area contributed by atoms with Crippen LogP contribution in [0.2, 0.25) is 0 Å². The third-order valence-corrected chi connectivity index (χ3v) is 3.28. The summed E-state index contributed by atoms with van der Waals surface area (Å²) in [5.74, 6) is 0.513. The van der Waals surface area contributed by atoms with Gasteiger partial charge in [-0.15, -0.1) is 0 Å². The average Bonchev–Trinajstić information content (AvgIpc) is 2.05. The monoisotopic (exact) mass is 250 g/mol. The topological polar surface area (TPSA) is 35.5 Å². The van der Waals surface area contributed by atoms with Gasteiger partial charge in [-0.1, -0.05) is 29.8 Å². The predicted molar refractivity (Wildman–Crippen MR) is 52.5 cm³/mol. The molecule has 0 aliphatic carbocycles. The summed E-state index contributed by atoms with van der Waals surface area (Å²) in [5, 5.41) is -0.164. The first-order valence-electron chi connectivity index (χ1n) is 4.45. The molecule has 3 nitrogen and oxygen atoms in total. The van der Waals surface area contributed by atoms with Crippen molar-refractivity contribution in [3.05, 3.63) is 0 Å². The third-order valence-electron chi connectivity index (χ3n) is 2.49. The van der Waals surface area contributed by atoms with E-state index in [4.69, 9.17) is 9.47 Å². The van der Waals surface area contributed by atoms with Gasteiger partial charge in [0.1, 0.15) is 11.1 Å². The lowest BCUT2D eigenvalue weighted by molar-refractivity contribution is -0.163. The maximum Gasteiger partial charge on any atom is 0.303 e. The minimum atomic E-state index is -0.251. The van der Waals surface area contributed by atoms with E-state index < -0.39 is 0 Å². The van der Waals surface area contributed by atoms with Gasteiger partial charge in [0, 0.05) is 12.8 Å². The second kappa shape index (κ2) is 4.42. The van der Waals surface area contributed by atoms with Gasteiger partial charge in [0.05, 0.1) is 6.61 Å². The van der Waals surface area contributed by atoms with Crippen LogP contribution in [0.5, 0.6) is 0 Å². The molecule has 0 aromatic rings. The molecule has 0 spiro atoms. The van der Waals surface area contributed by atoms with E-state index in [-0.39, 0.29) is 17.1 Å². The summed E-state index contributed by atoms with van der Waals surface area (Å²) in [6, 6.07) is 0. The van der Waals surface area contributed by atoms with Crippen LogP contribution < -0.4 is 0 Å². The summed E-state index contributed by atoms with van der Waals surface area (Å²) < 4.78 is 10.6. The molecule has 0 radical (unpaired) electrons. The Balaban J connectivity index is 2.60. The van der Waals surface area contributed by atoms with E-state index >= 15 is 0 Å². The Morgan fingerprint density at radius 1 is 1.54 bits per heavy atom. The van der Waals surface area contributed by atoms with Gasteiger partial charge in [-0.05, 0) is 5.92 Å². The van der Waals surface area contributed by atoms with E-state index in [1.165, 1.54) is 6.92 Å². The Bertz CT molecular complexity index is 195. The first-order valence-corrected chi connectivity index (χ1v) is 5.37. The number of hydrogen-bond acceptors (Lipinski definition) is 3. The number of hydrogen-bond donors (Lipinski definition) is 0. The van der Waals surface area contributed by atoms with E-state index in [1.807, 2.05) is 0 Å². The summed E-state index contributed by atoms with van der Waals surface area (Å²) >= 11 is 3.35. The van der Waals surface area contributed by atoms with Crippen molar-refractivity contribution >= 4 is 21.9 Å². The van der Waals surface area contributed by atoms with Gasteiger partial charge in [-0.3, -0.25) is 4.79 Å². The van der Waals surface area contributed by atoms with E-state index in [2.05, 4.69) is 29.8 Å². The largest absolute Gasteiger partial charge is 0.459 e. The fraction of sp³-hybridized carbons (Fsp3) is 0.889. The molecule has 0 saturated carbocycles. The molecule has 76 valence electrons. The highest BCUT2D eigenvalue weighted by atomic mass is 79.9. The molecule has 13 heavy (non-hydrogen) atoms. The third kappa shape index (κ3) is 2.68. The predicted octanol–water partition coefficient (Wildman–Crippen LogP) is 1.94. The van der Waals surface area contributed by atoms with E-state index in [0.29, 0.717) is 11.8 Å². The molecule has 1 saturated heterocycles. The van der Waals surface area contributed by atoms with Crippen molar-refractivity contribution in [3.8, 4) is 0 Å². The van der Waals surface area contributed by atoms with Crippen LogP contribution in [0.25, 0.3) is 0 Å². The number of alkyl halides is 1. The minimum absolute atomic E-state index is 0.164. The van der Waals surface area contributed by atoms with Crippen LogP contribution in [0.15, 0.2) is 0 Å². The smallest absolute Gasteiger partial charge is 0.303 e. The molecule has 0 amide bonds. The highest BCUT2D eigenvalue weighted by Crippen LogP contribution is 2.30. The maximum absolute atomic E-state index is 10.8. The number of esters is 1. The lowest BCUT2D eigenvalue weighted by atomic mass is 9.89. The molecule has 1 aliphatic heterocycles. The quantitative estimate of drug-likeness (QED) is 0.527. The van der Waals surface area contributed by atoms with E-state index in [1.54, 1.807) is 0 Å². The van der Waals surface area contributed by atoms with Crippen LogP contribution in [0.3, 0.4) is 0 Å². The fourth-order valence-electron chi connectivity index (χ4n) is 1.41. The summed E-state index contributed by atoms with van der Waals surface area (Å²) in [4.78, 5) is 10.8. The molecule has 1 aliphatic rings. The zero-order chi connectivity index (χ0) is 10.0. The van der Waals surface area contributed by atoms with Crippen LogP contribution in [0, 0.1) is 11.8 Å². The highest BCUT2D eigenvalue weighted by molar-refractivity contribution is 9.09. The van der Waals surface area contributed by atoms with Crippen molar-refractivity contribution in [3.63, 3.8) is 0 Å². The summed E-state index contributed by atoms with van der Waals surface area (Å²) in [6.07, 6.45) is -0.166. The molecule has 4 heteroatoms. The molecule has 0 N–H and O–H groups in total. The number of carbonyl (C=O) groups excluding carboxylic acids is 1. The summed E-state index contributed by atoms with van der Waals surface area (Å²) in [6.45, 7) is 6.32. The lowest BCUT2D eigenvalue weighted by Crippen LogP contribution is -2.43. The highest BCUT2D eigenvalue weighted by Gasteiger charge is 2.36. The van der Waals surface area contributed by atoms with Crippen molar-refractivity contribution in [2.24, 2.45) is 11.8 Å². The second-order valence-electron chi connectivity index (χ2n) is 3.59. The lowest BCUT2D eigenvalue weighted by Gasteiger charge is -2.36. The molecule has 1 fully saturated rings. The zero-order valence-corrected chi connectivity index (χ0v) is 9.71. The molecular formula is C9H15BrO3. The van der Waals surface area contributed by atoms with Gasteiger partial charge in [-0.25, -0.2) is 0 Å². The van der Waals surface area contributed by atoms with Crippen molar-refractivity contribution in [2.45, 2.75) is 31.9 Å². The van der Waals surface area contributed by atoms with Crippen molar-refractivity contribution in [2.75, 3.05) is 6.61 Å². The van der Waals surface area contributed by atoms with Gasteiger partial charge < -0.3 is 9.47 Å². The molecule has 1 heterocycles. The number of carbonyl (C=O) groups is 1. The van der Waals surface area contributed by atoms with Crippen LogP contribution in [0.1, 0.15) is 20.8 Å². The van der Waals surface area contributed by atoms with Crippen molar-refractivity contribution in [1.82, 2.24) is 0 Å². The first-order chi connectivity index (χ1) is 6.02. The number of halogens is 1. The van der Waals surface area contributed by atoms with Gasteiger partial charge in [0.25, 0.3) is 0 Å². The standard InChI is InChI=1S/C9H15BrO3/c1-5-4-12-9(10)8(6(5)2)13-7(3)11/h5-6,8-9H,4H2,1-3H3/t5-,6-,8+,9-/m1/s1. The molecule has 4 atom stereocenters. The van der Waals surface area contributed by atoms with Crippen LogP contribution in [-0.4, -0.2) is 23.7 Å². The van der Waals surface area contributed by atoms with Crippen molar-refractivity contribution in [1.29, 1.82) is 0 Å². The molecule has 0 aromatic heterocycles. The fourth-order valence-corrected chi connectivity index (χ4v) is 2.15. The van der Waals surface area contributed by atoms with Gasteiger partial charge in [0.15, 0.2) is 0 Å². The molecule has 0 aromatic carbocycles. The zero-order valence-electron chi connectivity index (χ0n) is 8.12. The molecule has 0 bridgehead atoms. The summed E-state index contributed by atoms with van der Waals surface area (Å²) in [5.41, 5.74) is 0. The van der Waals surface area contributed by atoms with Gasteiger partial charge in [0.2, 0.25) is 0 Å². The van der Waals surface area contributed by atoms with Crippen LogP contribution in [-0.2, 0) is 14.3 Å². The minimum Gasteiger partial charge on any atom is -0.459 e. The number of ether oxygens (including phenoxy) is 2. The Hall–Kier alpha value is -0.0900. The summed E-state index contributed by atoms with van der Waals surface area (Å²) in [7, 11) is 0. The van der Waals surface area contributed by atoms with Crippen molar-refractivity contribution < 1.29 is 14.3 Å².